The van der Waals surface area contributed by atoms with Crippen LogP contribution in [0.5, 0.6) is 0 Å². The number of aliphatic carboxylic acids is 1. The molecule has 0 fully saturated rings. The number of rotatable bonds is 4. The molecule has 4 heteroatoms. The van der Waals surface area contributed by atoms with Crippen LogP contribution in [-0.4, -0.2) is 23.0 Å². The fourth-order valence-electron chi connectivity index (χ4n) is 1.34. The third kappa shape index (κ3) is 3.28. The Morgan fingerprint density at radius 1 is 1.50 bits per heavy atom. The topological polar surface area (TPSA) is 40.5 Å². The second kappa shape index (κ2) is 5.56. The van der Waals surface area contributed by atoms with Gasteiger partial charge in [0.15, 0.2) is 0 Å². The average molecular weight is 240 g/mol. The van der Waals surface area contributed by atoms with Gasteiger partial charge in [0.05, 0.1) is 6.04 Å². The molecule has 0 aliphatic carbocycles. The highest BCUT2D eigenvalue weighted by atomic mass is 35.5. The molecule has 0 aliphatic heterocycles. The van der Waals surface area contributed by atoms with Gasteiger partial charge in [-0.1, -0.05) is 29.8 Å². The van der Waals surface area contributed by atoms with Gasteiger partial charge in [-0.15, -0.1) is 0 Å². The SMILES string of the molecule is CC(c1ccccc1Cl)N(C)C=CC(=O)O. The van der Waals surface area contributed by atoms with E-state index in [-0.39, 0.29) is 6.04 Å². The molecule has 0 bridgehead atoms. The summed E-state index contributed by atoms with van der Waals surface area (Å²) in [7, 11) is 1.81. The number of hydrogen-bond donors (Lipinski definition) is 1. The molecule has 1 rings (SSSR count). The van der Waals surface area contributed by atoms with Crippen LogP contribution < -0.4 is 0 Å². The Balaban J connectivity index is 2.82. The molecule has 0 aromatic heterocycles. The zero-order valence-electron chi connectivity index (χ0n) is 9.22. The monoisotopic (exact) mass is 239 g/mol. The van der Waals surface area contributed by atoms with E-state index < -0.39 is 5.97 Å². The Labute approximate surface area is 100.0 Å². The molecule has 0 amide bonds. The summed E-state index contributed by atoms with van der Waals surface area (Å²) in [5.74, 6) is -0.960. The average Bonchev–Trinajstić information content (AvgIpc) is 2.25. The predicted octanol–water partition coefficient (Wildman–Crippen LogP) is 2.93. The molecule has 0 spiro atoms. The summed E-state index contributed by atoms with van der Waals surface area (Å²) < 4.78 is 0. The van der Waals surface area contributed by atoms with Crippen LogP contribution in [0.25, 0.3) is 0 Å². The molecule has 1 aromatic carbocycles. The van der Waals surface area contributed by atoms with Crippen molar-refractivity contribution in [3.63, 3.8) is 0 Å². The van der Waals surface area contributed by atoms with Crippen molar-refractivity contribution in [1.82, 2.24) is 4.90 Å². The summed E-state index contributed by atoms with van der Waals surface area (Å²) >= 11 is 6.06. The van der Waals surface area contributed by atoms with Crippen molar-refractivity contribution < 1.29 is 9.90 Å². The Bertz CT molecular complexity index is 404. The van der Waals surface area contributed by atoms with Crippen LogP contribution in [0.15, 0.2) is 36.5 Å². The van der Waals surface area contributed by atoms with E-state index in [0.29, 0.717) is 5.02 Å². The van der Waals surface area contributed by atoms with E-state index >= 15 is 0 Å². The molecule has 0 saturated carbocycles. The van der Waals surface area contributed by atoms with Crippen molar-refractivity contribution >= 4 is 17.6 Å². The van der Waals surface area contributed by atoms with Gasteiger partial charge in [-0.3, -0.25) is 0 Å². The minimum Gasteiger partial charge on any atom is -0.478 e. The van der Waals surface area contributed by atoms with Gasteiger partial charge in [0, 0.05) is 24.3 Å². The smallest absolute Gasteiger partial charge is 0.329 e. The summed E-state index contributed by atoms with van der Waals surface area (Å²) in [5, 5.41) is 9.22. The molecule has 0 saturated heterocycles. The standard InChI is InChI=1S/C12H14ClNO2/c1-9(14(2)8-7-12(15)16)10-5-3-4-6-11(10)13/h3-9H,1-2H3,(H,15,16). The number of carboxylic acids is 1. The normalized spacial score (nSPS) is 12.7. The second-order valence-electron chi connectivity index (χ2n) is 3.52. The lowest BCUT2D eigenvalue weighted by Crippen LogP contribution is -2.16. The van der Waals surface area contributed by atoms with Gasteiger partial charge < -0.3 is 10.0 Å². The highest BCUT2D eigenvalue weighted by molar-refractivity contribution is 6.31. The first-order valence-corrected chi connectivity index (χ1v) is 5.27. The maximum atomic E-state index is 10.4. The zero-order valence-corrected chi connectivity index (χ0v) is 9.98. The Kier molecular flexibility index (Phi) is 4.38. The van der Waals surface area contributed by atoms with E-state index in [1.54, 1.807) is 4.90 Å². The van der Waals surface area contributed by atoms with Crippen LogP contribution in [0.2, 0.25) is 5.02 Å². The predicted molar refractivity (Wildman–Crippen MR) is 64.4 cm³/mol. The Morgan fingerprint density at radius 2 is 2.12 bits per heavy atom. The molecule has 0 radical (unpaired) electrons. The second-order valence-corrected chi connectivity index (χ2v) is 3.92. The van der Waals surface area contributed by atoms with Gasteiger partial charge in [0.25, 0.3) is 0 Å². The first-order chi connectivity index (χ1) is 7.52. The van der Waals surface area contributed by atoms with Gasteiger partial charge >= 0.3 is 5.97 Å². The molecule has 1 N–H and O–H groups in total. The summed E-state index contributed by atoms with van der Waals surface area (Å²) in [5.41, 5.74) is 0.974. The van der Waals surface area contributed by atoms with Crippen LogP contribution in [0, 0.1) is 0 Å². The van der Waals surface area contributed by atoms with E-state index in [1.165, 1.54) is 6.20 Å². The minimum absolute atomic E-state index is 0.0318. The Hall–Kier alpha value is -1.48. The molecule has 0 aliphatic rings. The molecule has 86 valence electrons. The van der Waals surface area contributed by atoms with Crippen LogP contribution in [0.1, 0.15) is 18.5 Å². The van der Waals surface area contributed by atoms with E-state index in [1.807, 2.05) is 38.2 Å². The first kappa shape index (κ1) is 12.6. The number of hydrogen-bond acceptors (Lipinski definition) is 2. The number of carboxylic acid groups (broad SMARTS) is 1. The van der Waals surface area contributed by atoms with Crippen LogP contribution in [0.4, 0.5) is 0 Å². The highest BCUT2D eigenvalue weighted by Crippen LogP contribution is 2.26. The molecule has 1 aromatic rings. The highest BCUT2D eigenvalue weighted by Gasteiger charge is 2.11. The van der Waals surface area contributed by atoms with Crippen molar-refractivity contribution in [3.8, 4) is 0 Å². The fraction of sp³-hybridized carbons (Fsp3) is 0.250. The zero-order chi connectivity index (χ0) is 12.1. The summed E-state index contributed by atoms with van der Waals surface area (Å²) in [6.07, 6.45) is 2.63. The third-order valence-corrected chi connectivity index (χ3v) is 2.76. The fourth-order valence-corrected chi connectivity index (χ4v) is 1.64. The van der Waals surface area contributed by atoms with Gasteiger partial charge in [0.2, 0.25) is 0 Å². The number of nitrogens with zero attached hydrogens (tertiary/aromatic N) is 1. The van der Waals surface area contributed by atoms with Crippen LogP contribution >= 0.6 is 11.6 Å². The maximum absolute atomic E-state index is 10.4. The van der Waals surface area contributed by atoms with Gasteiger partial charge in [-0.2, -0.15) is 0 Å². The quantitative estimate of drug-likeness (QED) is 0.822. The number of carbonyl (C=O) groups is 1. The molecular formula is C12H14ClNO2. The van der Waals surface area contributed by atoms with Gasteiger partial charge in [-0.25, -0.2) is 4.79 Å². The van der Waals surface area contributed by atoms with E-state index in [2.05, 4.69) is 0 Å². The van der Waals surface area contributed by atoms with Crippen molar-refractivity contribution in [2.75, 3.05) is 7.05 Å². The van der Waals surface area contributed by atoms with Gasteiger partial charge in [0.1, 0.15) is 0 Å². The lowest BCUT2D eigenvalue weighted by atomic mass is 10.1. The molecule has 16 heavy (non-hydrogen) atoms. The molecule has 1 unspecified atom stereocenters. The van der Waals surface area contributed by atoms with E-state index in [4.69, 9.17) is 16.7 Å². The van der Waals surface area contributed by atoms with Gasteiger partial charge in [-0.05, 0) is 18.6 Å². The lowest BCUT2D eigenvalue weighted by molar-refractivity contribution is -0.131. The van der Waals surface area contributed by atoms with E-state index in [0.717, 1.165) is 11.6 Å². The Morgan fingerprint density at radius 3 is 2.69 bits per heavy atom. The van der Waals surface area contributed by atoms with Crippen LogP contribution in [-0.2, 0) is 4.79 Å². The third-order valence-electron chi connectivity index (χ3n) is 2.42. The van der Waals surface area contributed by atoms with Crippen molar-refractivity contribution in [3.05, 3.63) is 47.1 Å². The minimum atomic E-state index is -0.960. The summed E-state index contributed by atoms with van der Waals surface area (Å²) in [6, 6.07) is 7.56. The summed E-state index contributed by atoms with van der Waals surface area (Å²) in [6.45, 7) is 1.97. The number of benzene rings is 1. The van der Waals surface area contributed by atoms with Crippen molar-refractivity contribution in [1.29, 1.82) is 0 Å². The molecule has 0 heterocycles. The largest absolute Gasteiger partial charge is 0.478 e. The van der Waals surface area contributed by atoms with E-state index in [9.17, 15) is 4.79 Å². The first-order valence-electron chi connectivity index (χ1n) is 4.90. The maximum Gasteiger partial charge on any atom is 0.329 e. The van der Waals surface area contributed by atoms with Crippen molar-refractivity contribution in [2.24, 2.45) is 0 Å². The molecule has 1 atom stereocenters. The summed E-state index contributed by atoms with van der Waals surface area (Å²) in [4.78, 5) is 12.2. The van der Waals surface area contributed by atoms with Crippen molar-refractivity contribution in [2.45, 2.75) is 13.0 Å². The molecule has 3 nitrogen and oxygen atoms in total. The molecular weight excluding hydrogens is 226 g/mol. The number of halogens is 1. The lowest BCUT2D eigenvalue weighted by Gasteiger charge is -2.24. The van der Waals surface area contributed by atoms with Crippen LogP contribution in [0.3, 0.4) is 0 Å².